The van der Waals surface area contributed by atoms with Gasteiger partial charge in [0.15, 0.2) is 0 Å². The lowest BCUT2D eigenvalue weighted by Crippen LogP contribution is -2.49. The number of esters is 1. The molecule has 1 heterocycles. The lowest BCUT2D eigenvalue weighted by atomic mass is 9.97. The second-order valence-electron chi connectivity index (χ2n) is 4.77. The molecular formula is C13H24N2O3. The van der Waals surface area contributed by atoms with E-state index in [1.54, 1.807) is 11.8 Å². The maximum Gasteiger partial charge on any atom is 0.310 e. The van der Waals surface area contributed by atoms with Crippen molar-refractivity contribution in [3.8, 4) is 0 Å². The summed E-state index contributed by atoms with van der Waals surface area (Å²) in [6.07, 6.45) is 3.22. The molecule has 1 aliphatic rings. The minimum absolute atomic E-state index is 0.0363. The van der Waals surface area contributed by atoms with Crippen molar-refractivity contribution >= 4 is 11.9 Å². The predicted molar refractivity (Wildman–Crippen MR) is 68.8 cm³/mol. The van der Waals surface area contributed by atoms with E-state index in [9.17, 15) is 9.59 Å². The number of hydrogen-bond donors (Lipinski definition) is 1. The van der Waals surface area contributed by atoms with Gasteiger partial charge >= 0.3 is 5.97 Å². The normalized spacial score (nSPS) is 21.5. The van der Waals surface area contributed by atoms with Gasteiger partial charge in [0.2, 0.25) is 5.91 Å². The van der Waals surface area contributed by atoms with E-state index in [1.807, 2.05) is 6.92 Å². The molecule has 0 radical (unpaired) electrons. The van der Waals surface area contributed by atoms with Gasteiger partial charge in [-0.25, -0.2) is 0 Å². The van der Waals surface area contributed by atoms with E-state index >= 15 is 0 Å². The van der Waals surface area contributed by atoms with Crippen LogP contribution in [0.25, 0.3) is 0 Å². The van der Waals surface area contributed by atoms with Crippen LogP contribution in [0.3, 0.4) is 0 Å². The largest absolute Gasteiger partial charge is 0.466 e. The summed E-state index contributed by atoms with van der Waals surface area (Å²) in [5.74, 6) is -0.415. The maximum atomic E-state index is 12.1. The van der Waals surface area contributed by atoms with Gasteiger partial charge in [-0.1, -0.05) is 13.3 Å². The predicted octanol–water partition coefficient (Wildman–Crippen LogP) is 0.915. The molecule has 2 atom stereocenters. The molecule has 0 saturated carbocycles. The second-order valence-corrected chi connectivity index (χ2v) is 4.77. The fourth-order valence-corrected chi connectivity index (χ4v) is 2.30. The number of nitrogens with two attached hydrogens (primary N) is 1. The number of hydrogen-bond acceptors (Lipinski definition) is 4. The van der Waals surface area contributed by atoms with Gasteiger partial charge in [-0.3, -0.25) is 9.59 Å². The molecule has 1 unspecified atom stereocenters. The molecule has 0 aromatic carbocycles. The Kier molecular flexibility index (Phi) is 6.12. The highest BCUT2D eigenvalue weighted by Gasteiger charge is 2.30. The van der Waals surface area contributed by atoms with E-state index in [0.29, 0.717) is 26.1 Å². The Labute approximate surface area is 109 Å². The lowest BCUT2D eigenvalue weighted by Gasteiger charge is -2.33. The van der Waals surface area contributed by atoms with Crippen LogP contribution in [0.4, 0.5) is 0 Å². The smallest absolute Gasteiger partial charge is 0.310 e. The molecule has 5 heteroatoms. The number of nitrogens with zero attached hydrogens (tertiary/aromatic N) is 1. The first-order chi connectivity index (χ1) is 8.60. The molecule has 0 spiro atoms. The van der Waals surface area contributed by atoms with Gasteiger partial charge in [0.1, 0.15) is 0 Å². The number of likely N-dealkylation sites (tertiary alicyclic amines) is 1. The van der Waals surface area contributed by atoms with E-state index in [0.717, 1.165) is 19.3 Å². The number of ether oxygens (including phenoxy) is 1. The molecule has 0 aromatic heterocycles. The highest BCUT2D eigenvalue weighted by molar-refractivity contribution is 5.82. The summed E-state index contributed by atoms with van der Waals surface area (Å²) >= 11 is 0. The monoisotopic (exact) mass is 256 g/mol. The Morgan fingerprint density at radius 2 is 2.17 bits per heavy atom. The summed E-state index contributed by atoms with van der Waals surface area (Å²) < 4.78 is 5.01. The standard InChI is InChI=1S/C13H24N2O3/c1-3-6-11(14)12(16)15-8-5-7-10(9-15)13(17)18-4-2/h10-11H,3-9,14H2,1-2H3/t10?,11-/m0/s1. The number of amides is 1. The molecule has 104 valence electrons. The van der Waals surface area contributed by atoms with E-state index in [2.05, 4.69) is 0 Å². The van der Waals surface area contributed by atoms with Gasteiger partial charge in [0.25, 0.3) is 0 Å². The minimum atomic E-state index is -0.434. The molecule has 1 fully saturated rings. The van der Waals surface area contributed by atoms with Gasteiger partial charge in [0, 0.05) is 13.1 Å². The minimum Gasteiger partial charge on any atom is -0.466 e. The number of carbonyl (C=O) groups excluding carboxylic acids is 2. The van der Waals surface area contributed by atoms with Crippen molar-refractivity contribution in [3.05, 3.63) is 0 Å². The summed E-state index contributed by atoms with van der Waals surface area (Å²) in [4.78, 5) is 25.4. The van der Waals surface area contributed by atoms with E-state index in [1.165, 1.54) is 0 Å². The van der Waals surface area contributed by atoms with Gasteiger partial charge in [-0.15, -0.1) is 0 Å². The Hall–Kier alpha value is -1.10. The summed E-state index contributed by atoms with van der Waals surface area (Å²) in [7, 11) is 0. The zero-order chi connectivity index (χ0) is 13.5. The molecule has 2 N–H and O–H groups in total. The van der Waals surface area contributed by atoms with E-state index < -0.39 is 6.04 Å². The van der Waals surface area contributed by atoms with Crippen molar-refractivity contribution in [1.29, 1.82) is 0 Å². The first kappa shape index (κ1) is 15.0. The molecule has 1 saturated heterocycles. The topological polar surface area (TPSA) is 72.6 Å². The van der Waals surface area contributed by atoms with Crippen LogP contribution in [0.2, 0.25) is 0 Å². The fraction of sp³-hybridized carbons (Fsp3) is 0.846. The van der Waals surface area contributed by atoms with Gasteiger partial charge in [-0.2, -0.15) is 0 Å². The third-order valence-electron chi connectivity index (χ3n) is 3.27. The fourth-order valence-electron chi connectivity index (χ4n) is 2.30. The Bertz CT molecular complexity index is 294. The van der Waals surface area contributed by atoms with Crippen LogP contribution in [-0.2, 0) is 14.3 Å². The first-order valence-corrected chi connectivity index (χ1v) is 6.81. The highest BCUT2D eigenvalue weighted by atomic mass is 16.5. The molecule has 0 aliphatic carbocycles. The molecular weight excluding hydrogens is 232 g/mol. The van der Waals surface area contributed by atoms with E-state index in [-0.39, 0.29) is 17.8 Å². The molecule has 1 amide bonds. The second kappa shape index (κ2) is 7.36. The van der Waals surface area contributed by atoms with Crippen molar-refractivity contribution in [2.75, 3.05) is 19.7 Å². The molecule has 18 heavy (non-hydrogen) atoms. The molecule has 0 aromatic rings. The first-order valence-electron chi connectivity index (χ1n) is 6.81. The maximum absolute atomic E-state index is 12.1. The van der Waals surface area contributed by atoms with Gasteiger partial charge in [-0.05, 0) is 26.2 Å². The Morgan fingerprint density at radius 3 is 2.78 bits per heavy atom. The summed E-state index contributed by atoms with van der Waals surface area (Å²) in [5.41, 5.74) is 5.83. The van der Waals surface area contributed by atoms with E-state index in [4.69, 9.17) is 10.5 Å². The van der Waals surface area contributed by atoms with Crippen LogP contribution < -0.4 is 5.73 Å². The SMILES string of the molecule is CCC[C@H](N)C(=O)N1CCCC(C(=O)OCC)C1. The van der Waals surface area contributed by atoms with Crippen molar-refractivity contribution < 1.29 is 14.3 Å². The van der Waals surface area contributed by atoms with Gasteiger partial charge < -0.3 is 15.4 Å². The molecule has 1 aliphatic heterocycles. The number of carbonyl (C=O) groups is 2. The Balaban J connectivity index is 2.52. The summed E-state index contributed by atoms with van der Waals surface area (Å²) in [6.45, 7) is 5.34. The van der Waals surface area contributed by atoms with Crippen LogP contribution in [0, 0.1) is 5.92 Å². The van der Waals surface area contributed by atoms with Crippen LogP contribution >= 0.6 is 0 Å². The van der Waals surface area contributed by atoms with Crippen molar-refractivity contribution in [2.45, 2.75) is 45.6 Å². The average molecular weight is 256 g/mol. The zero-order valence-corrected chi connectivity index (χ0v) is 11.4. The summed E-state index contributed by atoms with van der Waals surface area (Å²) in [5, 5.41) is 0. The van der Waals surface area contributed by atoms with Gasteiger partial charge in [0.05, 0.1) is 18.6 Å². The molecule has 1 rings (SSSR count). The molecule has 5 nitrogen and oxygen atoms in total. The summed E-state index contributed by atoms with van der Waals surface area (Å²) in [6, 6.07) is -0.434. The number of rotatable bonds is 5. The number of piperidine rings is 1. The van der Waals surface area contributed by atoms with Crippen molar-refractivity contribution in [3.63, 3.8) is 0 Å². The molecule has 0 bridgehead atoms. The van der Waals surface area contributed by atoms with Crippen LogP contribution in [0.15, 0.2) is 0 Å². The van der Waals surface area contributed by atoms with Crippen molar-refractivity contribution in [2.24, 2.45) is 11.7 Å². The Morgan fingerprint density at radius 1 is 1.44 bits per heavy atom. The average Bonchev–Trinajstić information content (AvgIpc) is 2.38. The van der Waals surface area contributed by atoms with Crippen molar-refractivity contribution in [1.82, 2.24) is 4.90 Å². The zero-order valence-electron chi connectivity index (χ0n) is 11.4. The van der Waals surface area contributed by atoms with Crippen LogP contribution in [-0.4, -0.2) is 42.5 Å². The highest BCUT2D eigenvalue weighted by Crippen LogP contribution is 2.18. The lowest BCUT2D eigenvalue weighted by molar-refractivity contribution is -0.151. The quantitative estimate of drug-likeness (QED) is 0.742. The van der Waals surface area contributed by atoms with Crippen LogP contribution in [0.5, 0.6) is 0 Å². The third-order valence-corrected chi connectivity index (χ3v) is 3.27. The van der Waals surface area contributed by atoms with Crippen LogP contribution in [0.1, 0.15) is 39.5 Å². The third kappa shape index (κ3) is 3.98.